The number of benzene rings is 1. The van der Waals surface area contributed by atoms with Crippen LogP contribution < -0.4 is 0 Å². The van der Waals surface area contributed by atoms with Gasteiger partial charge < -0.3 is 0 Å². The molecule has 0 fully saturated rings. The average molecular weight is 440 g/mol. The third-order valence-electron chi connectivity index (χ3n) is 4.40. The number of halogens is 3. The first-order valence-corrected chi connectivity index (χ1v) is 10.1. The Kier molecular flexibility index (Phi) is 6.65. The summed E-state index contributed by atoms with van der Waals surface area (Å²) in [6, 6.07) is 3.14. The van der Waals surface area contributed by atoms with Crippen molar-refractivity contribution < 1.29 is 4.79 Å². The molecule has 1 aromatic carbocycles. The maximum Gasteiger partial charge on any atom is 0.186 e. The number of allylic oxidation sites excluding steroid dienone is 6. The molecule has 0 amide bonds. The molecule has 0 unspecified atom stereocenters. The minimum atomic E-state index is -0.284. The van der Waals surface area contributed by atoms with Crippen molar-refractivity contribution in [2.75, 3.05) is 0 Å². The lowest BCUT2D eigenvalue weighted by Gasteiger charge is -2.31. The first-order chi connectivity index (χ1) is 12.7. The molecule has 0 aliphatic heterocycles. The molecule has 0 heterocycles. The SMILES string of the molecule is CC(N=Nc1c(Cl)cc(Cl)cc1Cl)=C1C=C(C(C)(C)C)C(=O)C(C(C)(C)C)=C1. The van der Waals surface area contributed by atoms with Crippen molar-refractivity contribution in [2.45, 2.75) is 48.5 Å². The molecule has 0 atom stereocenters. The van der Waals surface area contributed by atoms with Gasteiger partial charge in [-0.05, 0) is 47.6 Å². The minimum absolute atomic E-state index is 0.0808. The third-order valence-corrected chi connectivity index (χ3v) is 5.20. The van der Waals surface area contributed by atoms with Gasteiger partial charge in [-0.25, -0.2) is 0 Å². The second-order valence-corrected chi connectivity index (χ2v) is 10.2. The van der Waals surface area contributed by atoms with E-state index in [1.54, 1.807) is 12.1 Å². The fraction of sp³-hybridized carbons (Fsp3) is 0.409. The maximum absolute atomic E-state index is 13.0. The number of rotatable bonds is 2. The van der Waals surface area contributed by atoms with Gasteiger partial charge in [-0.15, -0.1) is 5.11 Å². The van der Waals surface area contributed by atoms with Crippen LogP contribution in [0.1, 0.15) is 48.5 Å². The van der Waals surface area contributed by atoms with Crippen LogP contribution in [0.2, 0.25) is 15.1 Å². The zero-order chi connectivity index (χ0) is 21.4. The Morgan fingerprint density at radius 3 is 1.68 bits per heavy atom. The van der Waals surface area contributed by atoms with E-state index in [1.165, 1.54) is 0 Å². The summed E-state index contributed by atoms with van der Waals surface area (Å²) in [5, 5.41) is 9.63. The van der Waals surface area contributed by atoms with Crippen molar-refractivity contribution in [3.63, 3.8) is 0 Å². The van der Waals surface area contributed by atoms with E-state index in [-0.39, 0.29) is 16.6 Å². The second kappa shape index (κ2) is 8.14. The van der Waals surface area contributed by atoms with Gasteiger partial charge in [-0.2, -0.15) is 5.11 Å². The van der Waals surface area contributed by atoms with Crippen LogP contribution in [0.4, 0.5) is 5.69 Å². The molecule has 2 rings (SSSR count). The molecule has 0 spiro atoms. The lowest BCUT2D eigenvalue weighted by molar-refractivity contribution is -0.114. The highest BCUT2D eigenvalue weighted by Gasteiger charge is 2.34. The van der Waals surface area contributed by atoms with Gasteiger partial charge in [0.2, 0.25) is 0 Å². The van der Waals surface area contributed by atoms with Crippen molar-refractivity contribution >= 4 is 46.3 Å². The third kappa shape index (κ3) is 5.14. The summed E-state index contributed by atoms with van der Waals surface area (Å²) < 4.78 is 0. The molecule has 1 aliphatic carbocycles. The Labute approximate surface area is 182 Å². The van der Waals surface area contributed by atoms with Crippen LogP contribution in [0, 0.1) is 10.8 Å². The molecule has 28 heavy (non-hydrogen) atoms. The molecule has 0 bridgehead atoms. The van der Waals surface area contributed by atoms with Crippen molar-refractivity contribution in [3.05, 3.63) is 61.8 Å². The molecule has 1 aromatic rings. The minimum Gasteiger partial charge on any atom is -0.289 e. The van der Waals surface area contributed by atoms with E-state index in [4.69, 9.17) is 34.8 Å². The molecule has 150 valence electrons. The van der Waals surface area contributed by atoms with Crippen molar-refractivity contribution in [3.8, 4) is 0 Å². The standard InChI is InChI=1S/C22H25Cl3N2O/c1-12(26-27-19-17(24)10-14(23)11-18(19)25)13-8-15(21(2,3)4)20(28)16(9-13)22(5,6)7/h8-11H,1-7H3. The molecule has 0 radical (unpaired) electrons. The lowest BCUT2D eigenvalue weighted by atomic mass is 9.72. The van der Waals surface area contributed by atoms with Gasteiger partial charge in [0.05, 0.1) is 15.7 Å². The number of azo groups is 1. The summed E-state index contributed by atoms with van der Waals surface area (Å²) in [7, 11) is 0. The van der Waals surface area contributed by atoms with Crippen LogP contribution in [-0.4, -0.2) is 5.78 Å². The Hall–Kier alpha value is -1.42. The van der Waals surface area contributed by atoms with Gasteiger partial charge in [0.1, 0.15) is 5.69 Å². The molecule has 0 N–H and O–H groups in total. The zero-order valence-electron chi connectivity index (χ0n) is 17.2. The first-order valence-electron chi connectivity index (χ1n) is 8.98. The van der Waals surface area contributed by atoms with Crippen LogP contribution in [0.3, 0.4) is 0 Å². The molecular formula is C22H25Cl3N2O. The van der Waals surface area contributed by atoms with E-state index in [1.807, 2.05) is 60.6 Å². The normalized spacial score (nSPS) is 15.8. The van der Waals surface area contributed by atoms with Crippen LogP contribution >= 0.6 is 34.8 Å². The van der Waals surface area contributed by atoms with E-state index in [0.29, 0.717) is 26.5 Å². The molecule has 6 heteroatoms. The van der Waals surface area contributed by atoms with Gasteiger partial charge in [-0.3, -0.25) is 4.79 Å². The fourth-order valence-corrected chi connectivity index (χ4v) is 3.66. The monoisotopic (exact) mass is 438 g/mol. The van der Waals surface area contributed by atoms with Crippen molar-refractivity contribution in [1.82, 2.24) is 0 Å². The molecular weight excluding hydrogens is 415 g/mol. The van der Waals surface area contributed by atoms with Gasteiger partial charge in [-0.1, -0.05) is 76.3 Å². The molecule has 3 nitrogen and oxygen atoms in total. The van der Waals surface area contributed by atoms with Gasteiger partial charge in [0.15, 0.2) is 5.78 Å². The summed E-state index contributed by atoms with van der Waals surface area (Å²) in [5.74, 6) is 0.0808. The topological polar surface area (TPSA) is 41.8 Å². The molecule has 0 saturated carbocycles. The van der Waals surface area contributed by atoms with E-state index in [0.717, 1.165) is 16.7 Å². The van der Waals surface area contributed by atoms with Gasteiger partial charge >= 0.3 is 0 Å². The summed E-state index contributed by atoms with van der Waals surface area (Å²) in [4.78, 5) is 13.0. The smallest absolute Gasteiger partial charge is 0.186 e. The van der Waals surface area contributed by atoms with Gasteiger partial charge in [0.25, 0.3) is 0 Å². The number of hydrogen-bond acceptors (Lipinski definition) is 3. The van der Waals surface area contributed by atoms with Crippen molar-refractivity contribution in [1.29, 1.82) is 0 Å². The predicted molar refractivity (Wildman–Crippen MR) is 119 cm³/mol. The van der Waals surface area contributed by atoms with E-state index in [2.05, 4.69) is 10.2 Å². The number of carbonyl (C=O) groups excluding carboxylic acids is 1. The lowest BCUT2D eigenvalue weighted by Crippen LogP contribution is -2.28. The number of carbonyl (C=O) groups is 1. The van der Waals surface area contributed by atoms with Gasteiger partial charge in [0, 0.05) is 16.2 Å². The predicted octanol–water partition coefficient (Wildman–Crippen LogP) is 8.53. The molecule has 0 saturated heterocycles. The highest BCUT2D eigenvalue weighted by Crippen LogP contribution is 2.40. The average Bonchev–Trinajstić information content (AvgIpc) is 2.51. The molecule has 0 aromatic heterocycles. The first kappa shape index (κ1) is 22.9. The van der Waals surface area contributed by atoms with Crippen LogP contribution in [0.5, 0.6) is 0 Å². The number of Topliss-reactive ketones (excluding diaryl/α,β-unsaturated/α-hetero) is 1. The fourth-order valence-electron chi connectivity index (χ4n) is 2.76. The van der Waals surface area contributed by atoms with Crippen molar-refractivity contribution in [2.24, 2.45) is 21.1 Å². The zero-order valence-corrected chi connectivity index (χ0v) is 19.5. The Bertz CT molecular complexity index is 881. The number of nitrogens with zero attached hydrogens (tertiary/aromatic N) is 2. The van der Waals surface area contributed by atoms with Crippen LogP contribution in [0.25, 0.3) is 0 Å². The number of ketones is 1. The highest BCUT2D eigenvalue weighted by atomic mass is 35.5. The Balaban J connectivity index is 2.58. The summed E-state index contributed by atoms with van der Waals surface area (Å²) in [5.41, 5.74) is 2.82. The summed E-state index contributed by atoms with van der Waals surface area (Å²) >= 11 is 18.3. The summed E-state index contributed by atoms with van der Waals surface area (Å²) in [6.07, 6.45) is 3.80. The Morgan fingerprint density at radius 2 is 1.29 bits per heavy atom. The van der Waals surface area contributed by atoms with E-state index >= 15 is 0 Å². The molecule has 1 aliphatic rings. The largest absolute Gasteiger partial charge is 0.289 e. The maximum atomic E-state index is 13.0. The quantitative estimate of drug-likeness (QED) is 0.425. The Morgan fingerprint density at radius 1 is 0.857 bits per heavy atom. The highest BCUT2D eigenvalue weighted by molar-refractivity contribution is 6.41. The van der Waals surface area contributed by atoms with E-state index in [9.17, 15) is 4.79 Å². The van der Waals surface area contributed by atoms with Crippen LogP contribution in [0.15, 0.2) is 56.9 Å². The van der Waals surface area contributed by atoms with E-state index < -0.39 is 0 Å². The summed E-state index contributed by atoms with van der Waals surface area (Å²) in [6.45, 7) is 14.0. The van der Waals surface area contributed by atoms with Crippen LogP contribution in [-0.2, 0) is 4.79 Å². The number of hydrogen-bond donors (Lipinski definition) is 0. The second-order valence-electron chi connectivity index (χ2n) is 8.90.